The molecule has 1 N–H and O–H groups in total. The second kappa shape index (κ2) is 3.18. The highest BCUT2D eigenvalue weighted by atomic mass is 16.1. The van der Waals surface area contributed by atoms with Gasteiger partial charge in [-0.1, -0.05) is 0 Å². The number of carbonyl (C=O) groups is 1. The third kappa shape index (κ3) is 1.58. The molecule has 1 aromatic rings. The largest absolute Gasteiger partial charge is 0.339 e. The third-order valence-corrected chi connectivity index (χ3v) is 1.67. The van der Waals surface area contributed by atoms with Crippen LogP contribution in [0.2, 0.25) is 0 Å². The smallest absolute Gasteiger partial charge is 0.208 e. The van der Waals surface area contributed by atoms with Crippen LogP contribution < -0.4 is 5.32 Å². The number of aryl methyl sites for hydroxylation is 1. The Bertz CT molecular complexity index is 254. The monoisotopic (exact) mass is 153 g/mol. The van der Waals surface area contributed by atoms with E-state index < -0.39 is 0 Å². The van der Waals surface area contributed by atoms with Gasteiger partial charge in [0.05, 0.1) is 6.20 Å². The van der Waals surface area contributed by atoms with Crippen LogP contribution in [0, 0.1) is 13.8 Å². The van der Waals surface area contributed by atoms with E-state index in [-0.39, 0.29) is 0 Å². The second-order valence-electron chi connectivity index (χ2n) is 2.39. The average Bonchev–Trinajstić information content (AvgIpc) is 2.31. The van der Waals surface area contributed by atoms with Crippen LogP contribution in [0.1, 0.15) is 11.3 Å². The van der Waals surface area contributed by atoms with Crippen molar-refractivity contribution in [2.45, 2.75) is 20.5 Å². The summed E-state index contributed by atoms with van der Waals surface area (Å²) in [6.07, 6.45) is 2.44. The standard InChI is InChI=1S/C7H11N3O/c1-6-3-9-10(7(6)2)4-8-5-11/h3,5H,4H2,1-2H3,(H,8,11). The van der Waals surface area contributed by atoms with Crippen molar-refractivity contribution in [2.24, 2.45) is 0 Å². The van der Waals surface area contributed by atoms with Crippen LogP contribution in [0.15, 0.2) is 6.20 Å². The lowest BCUT2D eigenvalue weighted by Crippen LogP contribution is -2.18. The minimum Gasteiger partial charge on any atom is -0.339 e. The minimum absolute atomic E-state index is 0.448. The van der Waals surface area contributed by atoms with E-state index in [1.165, 1.54) is 0 Å². The lowest BCUT2D eigenvalue weighted by atomic mass is 10.3. The Labute approximate surface area is 65.2 Å². The molecule has 1 amide bonds. The van der Waals surface area contributed by atoms with Crippen molar-refractivity contribution in [3.8, 4) is 0 Å². The van der Waals surface area contributed by atoms with Gasteiger partial charge in [0, 0.05) is 5.69 Å². The molecule has 0 aliphatic carbocycles. The number of carbonyl (C=O) groups excluding carboxylic acids is 1. The molecule has 0 atom stereocenters. The van der Waals surface area contributed by atoms with E-state index in [0.29, 0.717) is 13.1 Å². The van der Waals surface area contributed by atoms with Crippen LogP contribution in [0.5, 0.6) is 0 Å². The molecule has 1 aromatic heterocycles. The van der Waals surface area contributed by atoms with E-state index in [1.54, 1.807) is 10.9 Å². The maximum absolute atomic E-state index is 9.94. The Hall–Kier alpha value is -1.32. The Balaban J connectivity index is 2.70. The van der Waals surface area contributed by atoms with E-state index in [4.69, 9.17) is 0 Å². The maximum atomic E-state index is 9.94. The lowest BCUT2D eigenvalue weighted by molar-refractivity contribution is -0.110. The van der Waals surface area contributed by atoms with Gasteiger partial charge in [0.25, 0.3) is 0 Å². The fraction of sp³-hybridized carbons (Fsp3) is 0.429. The van der Waals surface area contributed by atoms with Crippen LogP contribution in [0.25, 0.3) is 0 Å². The first kappa shape index (κ1) is 7.78. The molecule has 1 heterocycles. The molecule has 1 rings (SSSR count). The predicted molar refractivity (Wildman–Crippen MR) is 40.9 cm³/mol. The molecule has 0 radical (unpaired) electrons. The average molecular weight is 153 g/mol. The molecule has 0 spiro atoms. The van der Waals surface area contributed by atoms with Crippen LogP contribution in [0.3, 0.4) is 0 Å². The summed E-state index contributed by atoms with van der Waals surface area (Å²) in [5.41, 5.74) is 2.22. The van der Waals surface area contributed by atoms with Crippen LogP contribution >= 0.6 is 0 Å². The highest BCUT2D eigenvalue weighted by Crippen LogP contribution is 2.02. The second-order valence-corrected chi connectivity index (χ2v) is 2.39. The molecule has 0 aromatic carbocycles. The zero-order chi connectivity index (χ0) is 8.27. The topological polar surface area (TPSA) is 46.9 Å². The zero-order valence-corrected chi connectivity index (χ0v) is 6.66. The summed E-state index contributed by atoms with van der Waals surface area (Å²) in [6, 6.07) is 0. The highest BCUT2D eigenvalue weighted by Gasteiger charge is 1.99. The van der Waals surface area contributed by atoms with E-state index in [0.717, 1.165) is 11.3 Å². The maximum Gasteiger partial charge on any atom is 0.208 e. The molecule has 4 heteroatoms. The molecule has 11 heavy (non-hydrogen) atoms. The molecule has 0 aliphatic heterocycles. The molecule has 0 fully saturated rings. The number of amides is 1. The lowest BCUT2D eigenvalue weighted by Gasteiger charge is -2.01. The van der Waals surface area contributed by atoms with Crippen molar-refractivity contribution in [2.75, 3.05) is 0 Å². The molecule has 0 aliphatic rings. The number of nitrogens with one attached hydrogen (secondary N) is 1. The summed E-state index contributed by atoms with van der Waals surface area (Å²) in [5.74, 6) is 0. The first-order valence-electron chi connectivity index (χ1n) is 3.41. The molecule has 60 valence electrons. The first-order valence-corrected chi connectivity index (χ1v) is 3.41. The molecule has 0 saturated carbocycles. The highest BCUT2D eigenvalue weighted by molar-refractivity contribution is 5.45. The third-order valence-electron chi connectivity index (χ3n) is 1.67. The van der Waals surface area contributed by atoms with Gasteiger partial charge in [0.1, 0.15) is 6.67 Å². The van der Waals surface area contributed by atoms with E-state index >= 15 is 0 Å². The van der Waals surface area contributed by atoms with Gasteiger partial charge in [-0.15, -0.1) is 0 Å². The van der Waals surface area contributed by atoms with Gasteiger partial charge in [0.15, 0.2) is 0 Å². The Morgan fingerprint density at radius 2 is 2.45 bits per heavy atom. The van der Waals surface area contributed by atoms with Crippen LogP contribution in [-0.4, -0.2) is 16.2 Å². The van der Waals surface area contributed by atoms with Gasteiger partial charge >= 0.3 is 0 Å². The zero-order valence-electron chi connectivity index (χ0n) is 6.66. The van der Waals surface area contributed by atoms with Crippen molar-refractivity contribution in [1.29, 1.82) is 0 Å². The number of aromatic nitrogens is 2. The summed E-state index contributed by atoms with van der Waals surface area (Å²) in [7, 11) is 0. The fourth-order valence-electron chi connectivity index (χ4n) is 0.823. The number of nitrogens with zero attached hydrogens (tertiary/aromatic N) is 2. The molecular weight excluding hydrogens is 142 g/mol. The van der Waals surface area contributed by atoms with Crippen molar-refractivity contribution >= 4 is 6.41 Å². The Kier molecular flexibility index (Phi) is 2.25. The van der Waals surface area contributed by atoms with Gasteiger partial charge in [0.2, 0.25) is 6.41 Å². The van der Waals surface area contributed by atoms with Gasteiger partial charge in [-0.25, -0.2) is 0 Å². The molecule has 0 bridgehead atoms. The SMILES string of the molecule is Cc1cnn(CNC=O)c1C. The van der Waals surface area contributed by atoms with Crippen molar-refractivity contribution in [3.05, 3.63) is 17.5 Å². The molecule has 0 unspecified atom stereocenters. The van der Waals surface area contributed by atoms with E-state index in [9.17, 15) is 4.79 Å². The number of hydrogen-bond acceptors (Lipinski definition) is 2. The fourth-order valence-corrected chi connectivity index (χ4v) is 0.823. The van der Waals surface area contributed by atoms with Gasteiger partial charge in [-0.05, 0) is 19.4 Å². The van der Waals surface area contributed by atoms with Crippen LogP contribution in [0.4, 0.5) is 0 Å². The summed E-state index contributed by atoms with van der Waals surface area (Å²) in [6.45, 7) is 4.40. The summed E-state index contributed by atoms with van der Waals surface area (Å²) in [4.78, 5) is 9.94. The Morgan fingerprint density at radius 3 is 2.91 bits per heavy atom. The quantitative estimate of drug-likeness (QED) is 0.631. The summed E-state index contributed by atoms with van der Waals surface area (Å²) >= 11 is 0. The first-order chi connectivity index (χ1) is 5.25. The molecular formula is C7H11N3O. The number of rotatable bonds is 3. The number of hydrogen-bond donors (Lipinski definition) is 1. The van der Waals surface area contributed by atoms with E-state index in [1.807, 2.05) is 13.8 Å². The van der Waals surface area contributed by atoms with Crippen molar-refractivity contribution in [1.82, 2.24) is 15.1 Å². The van der Waals surface area contributed by atoms with Crippen LogP contribution in [-0.2, 0) is 11.5 Å². The normalized spacial score (nSPS) is 9.64. The molecule has 4 nitrogen and oxygen atoms in total. The Morgan fingerprint density at radius 1 is 1.73 bits per heavy atom. The summed E-state index contributed by atoms with van der Waals surface area (Å²) < 4.78 is 1.74. The minimum atomic E-state index is 0.448. The van der Waals surface area contributed by atoms with E-state index in [2.05, 4.69) is 10.4 Å². The van der Waals surface area contributed by atoms with Crippen molar-refractivity contribution in [3.63, 3.8) is 0 Å². The predicted octanol–water partition coefficient (Wildman–Crippen LogP) is 0.203. The summed E-state index contributed by atoms with van der Waals surface area (Å²) in [5, 5.41) is 6.59. The van der Waals surface area contributed by atoms with Gasteiger partial charge < -0.3 is 5.32 Å². The van der Waals surface area contributed by atoms with Gasteiger partial charge in [-0.3, -0.25) is 9.48 Å². The molecule has 0 saturated heterocycles. The van der Waals surface area contributed by atoms with Crippen molar-refractivity contribution < 1.29 is 4.79 Å². The van der Waals surface area contributed by atoms with Gasteiger partial charge in [-0.2, -0.15) is 5.10 Å².